The van der Waals surface area contributed by atoms with Crippen molar-refractivity contribution in [2.75, 3.05) is 26.4 Å². The minimum Gasteiger partial charge on any atom is -0.459 e. The smallest absolute Gasteiger partial charge is 0.269 e. The van der Waals surface area contributed by atoms with Crippen LogP contribution in [-0.4, -0.2) is 69.8 Å². The van der Waals surface area contributed by atoms with Crippen LogP contribution in [0.25, 0.3) is 10.8 Å². The lowest BCUT2D eigenvalue weighted by molar-refractivity contribution is -0.384. The minimum absolute atomic E-state index is 0.00542. The number of fused-ring (bicyclic) bond motifs is 3. The number of aliphatic hydroxyl groups excluding tert-OH is 2. The van der Waals surface area contributed by atoms with Crippen molar-refractivity contribution < 1.29 is 39.0 Å². The third-order valence-electron chi connectivity index (χ3n) is 13.5. The van der Waals surface area contributed by atoms with Crippen LogP contribution < -0.4 is 9.47 Å². The number of nitro groups is 1. The number of ether oxygens (including phenoxy) is 3. The summed E-state index contributed by atoms with van der Waals surface area (Å²) in [6.07, 6.45) is 9.11. The number of nitrogens with zero attached hydrogens (tertiary/aromatic N) is 4. The summed E-state index contributed by atoms with van der Waals surface area (Å²) >= 11 is 0. The van der Waals surface area contributed by atoms with E-state index in [1.807, 2.05) is 54.3 Å². The topological polar surface area (TPSA) is 177 Å². The molecule has 0 radical (unpaired) electrons. The SMILES string of the molecule is C=CCOC12Oc3ccc(Oc4ccc5ccccc5c4)cc3C3C(CCCCO)C(CCCCO)C=C(C(=NOCc4ccc([N+](=O)[O-])cc4)CC1N(CCC)C(=O)c1ccc(C#N)cc1)C32. The first-order valence-corrected chi connectivity index (χ1v) is 23.6. The van der Waals surface area contributed by atoms with E-state index in [-0.39, 0.29) is 62.2 Å². The number of hydrogen-bond acceptors (Lipinski definition) is 11. The lowest BCUT2D eigenvalue weighted by atomic mass is 9.55. The molecule has 8 rings (SSSR count). The number of nitro benzene ring substituents is 1. The number of carbonyl (C=O) groups excluding carboxylic acids is 1. The second-order valence-electron chi connectivity index (χ2n) is 17.8. The number of allylic oxidation sites excluding steroid dienone is 1. The van der Waals surface area contributed by atoms with Gasteiger partial charge in [0.25, 0.3) is 11.6 Å². The molecule has 1 aliphatic heterocycles. The van der Waals surface area contributed by atoms with Crippen LogP contribution in [0.4, 0.5) is 5.69 Å². The van der Waals surface area contributed by atoms with Crippen LogP contribution in [0, 0.1) is 39.2 Å². The van der Waals surface area contributed by atoms with E-state index < -0.39 is 22.7 Å². The van der Waals surface area contributed by atoms with Gasteiger partial charge in [-0.15, -0.1) is 6.58 Å². The van der Waals surface area contributed by atoms with Crippen molar-refractivity contribution in [1.82, 2.24) is 4.90 Å². The molecule has 0 aromatic heterocycles. The van der Waals surface area contributed by atoms with Crippen LogP contribution in [0.2, 0.25) is 0 Å². The van der Waals surface area contributed by atoms with Gasteiger partial charge in [-0.1, -0.05) is 67.4 Å². The van der Waals surface area contributed by atoms with Gasteiger partial charge in [-0.25, -0.2) is 0 Å². The predicted octanol–water partition coefficient (Wildman–Crippen LogP) is 10.8. The lowest BCUT2D eigenvalue weighted by Crippen LogP contribution is -2.70. The highest BCUT2D eigenvalue weighted by molar-refractivity contribution is 6.03. The third kappa shape index (κ3) is 10.0. The number of rotatable bonds is 21. The zero-order valence-corrected chi connectivity index (χ0v) is 38.4. The molecule has 13 nitrogen and oxygen atoms in total. The number of amides is 1. The number of aliphatic hydroxyl groups is 2. The Bertz CT molecular complexity index is 2690. The first-order chi connectivity index (χ1) is 33.2. The van der Waals surface area contributed by atoms with E-state index in [9.17, 15) is 25.6 Å². The quantitative estimate of drug-likeness (QED) is 0.0312. The summed E-state index contributed by atoms with van der Waals surface area (Å²) in [6.45, 7) is 6.67. The number of unbranched alkanes of at least 4 members (excludes halogenated alkanes) is 2. The summed E-state index contributed by atoms with van der Waals surface area (Å²) in [7, 11) is 0. The molecule has 3 aliphatic rings. The summed E-state index contributed by atoms with van der Waals surface area (Å²) in [5.74, 6) is -0.649. The van der Waals surface area contributed by atoms with Crippen LogP contribution in [0.15, 0.2) is 139 Å². The van der Waals surface area contributed by atoms with Gasteiger partial charge in [-0.3, -0.25) is 14.9 Å². The van der Waals surface area contributed by atoms with Crippen LogP contribution in [0.1, 0.15) is 91.3 Å². The standard InChI is InChI=1S/C55H58N4O9/c1-3-27-58(54(62)40-19-15-37(35-56)16-20-40)51-34-49(57-66-36-38-17-22-43(23-18-38)59(63)64)47-32-42(13-7-9-28-60)46(14-8-10-29-61)52-48-33-45(67-44-24-21-39-11-5-6-12-41(39)31-44)25-26-50(48)68-55(51,53(47)52)65-30-4-2/h4-6,11-12,15-26,31-33,42,46,51-53,60-61H,2-3,7-10,13-14,27-30,34,36H2,1H3. The molecule has 1 saturated carbocycles. The Labute approximate surface area is 397 Å². The second kappa shape index (κ2) is 21.8. The molecule has 2 aliphatic carbocycles. The highest BCUT2D eigenvalue weighted by atomic mass is 16.7. The average Bonchev–Trinajstić information content (AvgIpc) is 3.36. The molecule has 0 spiro atoms. The number of non-ortho nitro benzene ring substituents is 1. The summed E-state index contributed by atoms with van der Waals surface area (Å²) in [6, 6.07) is 34.2. The lowest BCUT2D eigenvalue weighted by Gasteiger charge is -2.60. The fourth-order valence-corrected chi connectivity index (χ4v) is 10.5. The summed E-state index contributed by atoms with van der Waals surface area (Å²) in [5.41, 5.74) is 3.92. The monoisotopic (exact) mass is 918 g/mol. The molecule has 0 saturated heterocycles. The van der Waals surface area contributed by atoms with Crippen molar-refractivity contribution in [3.63, 3.8) is 0 Å². The Hall–Kier alpha value is -6.85. The van der Waals surface area contributed by atoms with Crippen molar-refractivity contribution in [2.24, 2.45) is 22.9 Å². The molecule has 2 N–H and O–H groups in total. The fraction of sp³-hybridized carbons (Fsp3) is 0.364. The Morgan fingerprint density at radius 2 is 1.68 bits per heavy atom. The van der Waals surface area contributed by atoms with Gasteiger partial charge in [0.15, 0.2) is 0 Å². The molecule has 13 heteroatoms. The normalized spacial score (nSPS) is 21.9. The van der Waals surface area contributed by atoms with E-state index in [4.69, 9.17) is 24.2 Å². The Kier molecular flexibility index (Phi) is 15.3. The van der Waals surface area contributed by atoms with E-state index in [1.165, 1.54) is 12.1 Å². The van der Waals surface area contributed by atoms with Gasteiger partial charge in [0.1, 0.15) is 29.9 Å². The predicted molar refractivity (Wildman–Crippen MR) is 259 cm³/mol. The molecule has 1 fully saturated rings. The minimum atomic E-state index is -1.47. The van der Waals surface area contributed by atoms with Crippen molar-refractivity contribution in [2.45, 2.75) is 82.6 Å². The van der Waals surface area contributed by atoms with Gasteiger partial charge in [0, 0.05) is 55.4 Å². The maximum absolute atomic E-state index is 15.1. The molecular formula is C55H58N4O9. The fourth-order valence-electron chi connectivity index (χ4n) is 10.5. The Morgan fingerprint density at radius 1 is 0.956 bits per heavy atom. The first kappa shape index (κ1) is 47.6. The van der Waals surface area contributed by atoms with Gasteiger partial charge in [0.2, 0.25) is 5.79 Å². The summed E-state index contributed by atoms with van der Waals surface area (Å²) in [4.78, 5) is 34.0. The zero-order valence-electron chi connectivity index (χ0n) is 38.4. The highest BCUT2D eigenvalue weighted by Gasteiger charge is 2.65. The molecule has 5 aromatic rings. The van der Waals surface area contributed by atoms with Crippen LogP contribution in [0.5, 0.6) is 17.2 Å². The molecule has 6 unspecified atom stereocenters. The zero-order chi connectivity index (χ0) is 47.6. The van der Waals surface area contributed by atoms with E-state index in [2.05, 4.69) is 36.9 Å². The second-order valence-corrected chi connectivity index (χ2v) is 17.8. The van der Waals surface area contributed by atoms with Crippen molar-refractivity contribution >= 4 is 28.1 Å². The van der Waals surface area contributed by atoms with Gasteiger partial charge < -0.3 is 34.2 Å². The maximum atomic E-state index is 15.1. The highest BCUT2D eigenvalue weighted by Crippen LogP contribution is 2.62. The average molecular weight is 919 g/mol. The van der Waals surface area contributed by atoms with Crippen LogP contribution in [0.3, 0.4) is 0 Å². The number of nitriles is 1. The molecule has 0 bridgehead atoms. The first-order valence-electron chi connectivity index (χ1n) is 23.6. The largest absolute Gasteiger partial charge is 0.459 e. The van der Waals surface area contributed by atoms with Gasteiger partial charge in [-0.05, 0) is 133 Å². The number of oxime groups is 1. The van der Waals surface area contributed by atoms with E-state index in [0.717, 1.165) is 47.6 Å². The Balaban J connectivity index is 1.32. The number of carbonyl (C=O) groups is 1. The molecular weight excluding hydrogens is 861 g/mol. The van der Waals surface area contributed by atoms with E-state index in [0.29, 0.717) is 65.5 Å². The Morgan fingerprint density at radius 3 is 2.38 bits per heavy atom. The molecule has 5 aromatic carbocycles. The molecule has 1 heterocycles. The van der Waals surface area contributed by atoms with Crippen LogP contribution >= 0.6 is 0 Å². The van der Waals surface area contributed by atoms with Crippen molar-refractivity contribution in [3.8, 4) is 23.3 Å². The summed E-state index contributed by atoms with van der Waals surface area (Å²) < 4.78 is 21.2. The van der Waals surface area contributed by atoms with Crippen molar-refractivity contribution in [3.05, 3.63) is 166 Å². The van der Waals surface area contributed by atoms with Crippen molar-refractivity contribution in [1.29, 1.82) is 5.26 Å². The van der Waals surface area contributed by atoms with E-state index in [1.54, 1.807) is 42.5 Å². The molecule has 1 amide bonds. The molecule has 68 heavy (non-hydrogen) atoms. The summed E-state index contributed by atoms with van der Waals surface area (Å²) in [5, 5.41) is 48.1. The number of benzene rings is 5. The van der Waals surface area contributed by atoms with Crippen LogP contribution in [-0.2, 0) is 16.2 Å². The van der Waals surface area contributed by atoms with Gasteiger partial charge in [-0.2, -0.15) is 5.26 Å². The van der Waals surface area contributed by atoms with Gasteiger partial charge in [0.05, 0.1) is 34.8 Å². The number of hydrogen-bond donors (Lipinski definition) is 2. The van der Waals surface area contributed by atoms with E-state index >= 15 is 4.79 Å². The maximum Gasteiger partial charge on any atom is 0.269 e. The molecule has 352 valence electrons. The third-order valence-corrected chi connectivity index (χ3v) is 13.5. The van der Waals surface area contributed by atoms with Gasteiger partial charge >= 0.3 is 0 Å². The molecule has 6 atom stereocenters.